The summed E-state index contributed by atoms with van der Waals surface area (Å²) in [5.74, 6) is 0.255. The minimum absolute atomic E-state index is 0.153. The zero-order valence-electron chi connectivity index (χ0n) is 16.9. The number of allylic oxidation sites excluding steroid dienone is 1. The first-order valence-electron chi connectivity index (χ1n) is 9.66. The van der Waals surface area contributed by atoms with Crippen LogP contribution in [0.1, 0.15) is 21.5 Å². The van der Waals surface area contributed by atoms with Crippen LogP contribution in [0.4, 0.5) is 0 Å². The molecule has 0 saturated carbocycles. The molecule has 0 unspecified atom stereocenters. The van der Waals surface area contributed by atoms with E-state index in [1.165, 1.54) is 6.21 Å². The van der Waals surface area contributed by atoms with Gasteiger partial charge in [0.2, 0.25) is 0 Å². The van der Waals surface area contributed by atoms with E-state index in [2.05, 4.69) is 17.1 Å². The molecule has 0 radical (unpaired) electrons. The molecule has 0 spiro atoms. The van der Waals surface area contributed by atoms with Crippen LogP contribution >= 0.6 is 0 Å². The molecule has 0 bridgehead atoms. The van der Waals surface area contributed by atoms with Crippen molar-refractivity contribution in [3.05, 3.63) is 108 Å². The second-order valence-electron chi connectivity index (χ2n) is 6.51. The van der Waals surface area contributed by atoms with E-state index in [1.54, 1.807) is 54.6 Å². The van der Waals surface area contributed by atoms with E-state index in [0.717, 1.165) is 11.1 Å². The molecule has 0 aliphatic heterocycles. The van der Waals surface area contributed by atoms with Gasteiger partial charge < -0.3 is 9.47 Å². The van der Waals surface area contributed by atoms with Gasteiger partial charge in [-0.15, -0.1) is 6.58 Å². The van der Waals surface area contributed by atoms with Gasteiger partial charge in [-0.3, -0.25) is 4.79 Å². The van der Waals surface area contributed by atoms with Crippen molar-refractivity contribution in [3.63, 3.8) is 0 Å². The predicted octanol–water partition coefficient (Wildman–Crippen LogP) is 4.16. The van der Waals surface area contributed by atoms with E-state index in [1.807, 2.05) is 30.3 Å². The first-order chi connectivity index (χ1) is 15.2. The molecule has 3 rings (SSSR count). The molecular weight excluding hydrogens is 392 g/mol. The summed E-state index contributed by atoms with van der Waals surface area (Å²) < 4.78 is 10.9. The smallest absolute Gasteiger partial charge is 0.343 e. The first kappa shape index (κ1) is 21.5. The molecule has 31 heavy (non-hydrogen) atoms. The zero-order chi connectivity index (χ0) is 21.9. The van der Waals surface area contributed by atoms with Crippen LogP contribution in [0.15, 0.2) is 96.6 Å². The Labute approximate surface area is 180 Å². The quantitative estimate of drug-likeness (QED) is 0.188. The third kappa shape index (κ3) is 6.68. The fraction of sp³-hybridized carbons (Fsp3) is 0.0800. The molecule has 0 saturated heterocycles. The number of amides is 1. The number of benzene rings is 3. The molecule has 6 heteroatoms. The Morgan fingerprint density at radius 3 is 2.39 bits per heavy atom. The highest BCUT2D eigenvalue weighted by Crippen LogP contribution is 2.18. The maximum absolute atomic E-state index is 12.1. The second kappa shape index (κ2) is 11.1. The van der Waals surface area contributed by atoms with Crippen molar-refractivity contribution >= 4 is 18.1 Å². The molecular formula is C25H22N2O4. The summed E-state index contributed by atoms with van der Waals surface area (Å²) in [6.07, 6.45) is 3.93. The predicted molar refractivity (Wildman–Crippen MR) is 119 cm³/mol. The lowest BCUT2D eigenvalue weighted by atomic mass is 10.1. The van der Waals surface area contributed by atoms with Crippen LogP contribution < -0.4 is 14.9 Å². The normalized spacial score (nSPS) is 10.5. The number of nitrogens with one attached hydrogen (secondary N) is 1. The van der Waals surface area contributed by atoms with Gasteiger partial charge >= 0.3 is 5.97 Å². The van der Waals surface area contributed by atoms with E-state index >= 15 is 0 Å². The number of rotatable bonds is 9. The third-order valence-corrected chi connectivity index (χ3v) is 4.20. The summed E-state index contributed by atoms with van der Waals surface area (Å²) in [7, 11) is 0. The number of hydrogen-bond donors (Lipinski definition) is 1. The van der Waals surface area contributed by atoms with E-state index in [-0.39, 0.29) is 12.5 Å². The summed E-state index contributed by atoms with van der Waals surface area (Å²) in [5.41, 5.74) is 4.59. The number of carbonyl (C=O) groups excluding carboxylic acids is 2. The summed E-state index contributed by atoms with van der Waals surface area (Å²) in [6.45, 7) is 3.56. The largest absolute Gasteiger partial charge is 0.483 e. The van der Waals surface area contributed by atoms with Crippen molar-refractivity contribution in [1.29, 1.82) is 0 Å². The van der Waals surface area contributed by atoms with Crippen LogP contribution in [0.25, 0.3) is 0 Å². The summed E-state index contributed by atoms with van der Waals surface area (Å²) >= 11 is 0. The molecule has 0 aliphatic rings. The first-order valence-corrected chi connectivity index (χ1v) is 9.66. The lowest BCUT2D eigenvalue weighted by molar-refractivity contribution is -0.123. The number of nitrogens with zero attached hydrogens (tertiary/aromatic N) is 1. The highest BCUT2D eigenvalue weighted by Gasteiger charge is 2.07. The average Bonchev–Trinajstić information content (AvgIpc) is 2.80. The molecule has 1 N–H and O–H groups in total. The van der Waals surface area contributed by atoms with Crippen LogP contribution in [0.3, 0.4) is 0 Å². The Hall–Kier alpha value is -4.19. The average molecular weight is 414 g/mol. The lowest BCUT2D eigenvalue weighted by Gasteiger charge is -2.09. The van der Waals surface area contributed by atoms with Crippen molar-refractivity contribution in [2.45, 2.75) is 6.42 Å². The highest BCUT2D eigenvalue weighted by atomic mass is 16.5. The van der Waals surface area contributed by atoms with Crippen molar-refractivity contribution < 1.29 is 19.1 Å². The van der Waals surface area contributed by atoms with Gasteiger partial charge in [-0.05, 0) is 60.0 Å². The molecule has 0 heterocycles. The van der Waals surface area contributed by atoms with Crippen LogP contribution in [0, 0.1) is 0 Å². The van der Waals surface area contributed by atoms with Gasteiger partial charge in [0.05, 0.1) is 11.8 Å². The highest BCUT2D eigenvalue weighted by molar-refractivity contribution is 5.91. The Morgan fingerprint density at radius 2 is 1.65 bits per heavy atom. The molecule has 0 aromatic heterocycles. The Kier molecular flexibility index (Phi) is 7.71. The summed E-state index contributed by atoms with van der Waals surface area (Å²) in [4.78, 5) is 24.0. The number of para-hydroxylation sites is 1. The second-order valence-corrected chi connectivity index (χ2v) is 6.51. The number of hydrazone groups is 1. The van der Waals surface area contributed by atoms with Gasteiger partial charge in [0, 0.05) is 0 Å². The molecule has 3 aromatic carbocycles. The Morgan fingerprint density at radius 1 is 0.935 bits per heavy atom. The molecule has 1 amide bonds. The molecule has 156 valence electrons. The fourth-order valence-corrected chi connectivity index (χ4v) is 2.69. The lowest BCUT2D eigenvalue weighted by Crippen LogP contribution is -2.24. The number of esters is 1. The van der Waals surface area contributed by atoms with E-state index in [4.69, 9.17) is 9.47 Å². The minimum Gasteiger partial charge on any atom is -0.483 e. The third-order valence-electron chi connectivity index (χ3n) is 4.20. The molecule has 0 fully saturated rings. The van der Waals surface area contributed by atoms with E-state index in [0.29, 0.717) is 23.5 Å². The van der Waals surface area contributed by atoms with Crippen molar-refractivity contribution in [2.75, 3.05) is 6.61 Å². The van der Waals surface area contributed by atoms with Crippen LogP contribution in [-0.2, 0) is 11.2 Å². The maximum atomic E-state index is 12.1. The SMILES string of the molecule is C=CCc1ccccc1OCC(=O)N/N=C\c1ccc(OC(=O)c2ccccc2)cc1. The number of carbonyl (C=O) groups is 2. The molecule has 3 aromatic rings. The van der Waals surface area contributed by atoms with E-state index < -0.39 is 5.97 Å². The van der Waals surface area contributed by atoms with Gasteiger partial charge in [0.25, 0.3) is 5.91 Å². The summed E-state index contributed by atoms with van der Waals surface area (Å²) in [5, 5.41) is 3.92. The van der Waals surface area contributed by atoms with Crippen molar-refractivity contribution in [3.8, 4) is 11.5 Å². The fourth-order valence-electron chi connectivity index (χ4n) is 2.69. The van der Waals surface area contributed by atoms with Gasteiger partial charge in [-0.25, -0.2) is 10.2 Å². The Bertz CT molecular complexity index is 1060. The van der Waals surface area contributed by atoms with Crippen molar-refractivity contribution in [1.82, 2.24) is 5.43 Å². The standard InChI is InChI=1S/C25H22N2O4/c1-2-8-20-9-6-7-12-23(20)30-18-24(28)27-26-17-19-13-15-22(16-14-19)31-25(29)21-10-4-3-5-11-21/h2-7,9-17H,1,8,18H2,(H,27,28)/b26-17-. The van der Waals surface area contributed by atoms with Gasteiger partial charge in [0.1, 0.15) is 11.5 Å². The van der Waals surface area contributed by atoms with E-state index in [9.17, 15) is 9.59 Å². The maximum Gasteiger partial charge on any atom is 0.343 e. The minimum atomic E-state index is -0.427. The van der Waals surface area contributed by atoms with Gasteiger partial charge in [-0.1, -0.05) is 42.5 Å². The number of ether oxygens (including phenoxy) is 2. The van der Waals surface area contributed by atoms with Crippen LogP contribution in [0.5, 0.6) is 11.5 Å². The van der Waals surface area contributed by atoms with Gasteiger partial charge in [-0.2, -0.15) is 5.10 Å². The zero-order valence-corrected chi connectivity index (χ0v) is 16.9. The van der Waals surface area contributed by atoms with Crippen molar-refractivity contribution in [2.24, 2.45) is 5.10 Å². The summed E-state index contributed by atoms with van der Waals surface area (Å²) in [6, 6.07) is 23.0. The molecule has 0 aliphatic carbocycles. The molecule has 6 nitrogen and oxygen atoms in total. The number of hydrogen-bond acceptors (Lipinski definition) is 5. The van der Waals surface area contributed by atoms with Crippen LogP contribution in [-0.4, -0.2) is 24.7 Å². The van der Waals surface area contributed by atoms with Crippen LogP contribution in [0.2, 0.25) is 0 Å². The monoisotopic (exact) mass is 414 g/mol. The topological polar surface area (TPSA) is 77.0 Å². The Balaban J connectivity index is 1.47. The molecule has 0 atom stereocenters. The van der Waals surface area contributed by atoms with Gasteiger partial charge in [0.15, 0.2) is 6.61 Å².